The Labute approximate surface area is 134 Å². The second-order valence-electron chi connectivity index (χ2n) is 4.65. The van der Waals surface area contributed by atoms with Crippen LogP contribution < -0.4 is 20.9 Å². The van der Waals surface area contributed by atoms with Crippen molar-refractivity contribution in [3.05, 3.63) is 22.2 Å². The first-order chi connectivity index (χ1) is 9.99. The van der Waals surface area contributed by atoms with Crippen molar-refractivity contribution in [1.82, 2.24) is 0 Å². The molecule has 0 aromatic heterocycles. The zero-order chi connectivity index (χ0) is 15.8. The van der Waals surface area contributed by atoms with E-state index in [2.05, 4.69) is 15.9 Å². The van der Waals surface area contributed by atoms with Crippen LogP contribution in [0.3, 0.4) is 0 Å². The Hall–Kier alpha value is -1.27. The largest absolute Gasteiger partial charge is 0.490 e. The van der Waals surface area contributed by atoms with Gasteiger partial charge in [0, 0.05) is 16.9 Å². The lowest BCUT2D eigenvalue weighted by molar-refractivity contribution is -0.118. The van der Waals surface area contributed by atoms with Gasteiger partial charge in [-0.3, -0.25) is 4.79 Å². The van der Waals surface area contributed by atoms with Gasteiger partial charge < -0.3 is 20.9 Å². The Morgan fingerprint density at radius 1 is 1.24 bits per heavy atom. The van der Waals surface area contributed by atoms with Crippen LogP contribution in [0.1, 0.15) is 44.7 Å². The summed E-state index contributed by atoms with van der Waals surface area (Å²) in [4.78, 5) is 10.8. The van der Waals surface area contributed by atoms with Crippen molar-refractivity contribution in [3.8, 4) is 11.5 Å². The van der Waals surface area contributed by atoms with Gasteiger partial charge in [-0.05, 0) is 44.4 Å². The number of carbonyl (C=O) groups excluding carboxylic acids is 1. The molecule has 0 aliphatic rings. The highest BCUT2D eigenvalue weighted by Crippen LogP contribution is 2.37. The molecule has 0 bridgehead atoms. The van der Waals surface area contributed by atoms with Crippen molar-refractivity contribution in [2.75, 3.05) is 13.2 Å². The van der Waals surface area contributed by atoms with E-state index in [1.54, 1.807) is 0 Å². The number of hydrogen-bond donors (Lipinski definition) is 2. The Kier molecular flexibility index (Phi) is 7.53. The molecular weight excluding hydrogens is 336 g/mol. The third-order valence-electron chi connectivity index (χ3n) is 3.00. The lowest BCUT2D eigenvalue weighted by Crippen LogP contribution is -2.14. The quantitative estimate of drug-likeness (QED) is 0.710. The molecule has 0 aliphatic carbocycles. The van der Waals surface area contributed by atoms with Gasteiger partial charge in [0.2, 0.25) is 5.91 Å². The molecule has 21 heavy (non-hydrogen) atoms. The van der Waals surface area contributed by atoms with Gasteiger partial charge in [-0.2, -0.15) is 0 Å². The summed E-state index contributed by atoms with van der Waals surface area (Å²) in [6, 6.07) is 3.58. The van der Waals surface area contributed by atoms with E-state index in [0.717, 1.165) is 10.0 Å². The summed E-state index contributed by atoms with van der Waals surface area (Å²) in [7, 11) is 0. The van der Waals surface area contributed by atoms with E-state index in [4.69, 9.17) is 20.9 Å². The molecule has 0 radical (unpaired) electrons. The van der Waals surface area contributed by atoms with E-state index < -0.39 is 0 Å². The lowest BCUT2D eigenvalue weighted by Gasteiger charge is -2.18. The van der Waals surface area contributed by atoms with Crippen LogP contribution in [0.15, 0.2) is 16.6 Å². The van der Waals surface area contributed by atoms with E-state index in [1.165, 1.54) is 0 Å². The highest BCUT2D eigenvalue weighted by atomic mass is 79.9. The zero-order valence-electron chi connectivity index (χ0n) is 12.5. The number of ether oxygens (including phenoxy) is 2. The van der Waals surface area contributed by atoms with Crippen molar-refractivity contribution in [3.63, 3.8) is 0 Å². The van der Waals surface area contributed by atoms with Crippen molar-refractivity contribution in [2.24, 2.45) is 11.5 Å². The van der Waals surface area contributed by atoms with Gasteiger partial charge in [0.1, 0.15) is 0 Å². The normalized spacial score (nSPS) is 12.0. The van der Waals surface area contributed by atoms with E-state index in [-0.39, 0.29) is 11.9 Å². The van der Waals surface area contributed by atoms with Crippen LogP contribution in [0.2, 0.25) is 0 Å². The topological polar surface area (TPSA) is 87.6 Å². The molecule has 0 saturated heterocycles. The summed E-state index contributed by atoms with van der Waals surface area (Å²) < 4.78 is 12.0. The van der Waals surface area contributed by atoms with E-state index in [0.29, 0.717) is 44.0 Å². The highest BCUT2D eigenvalue weighted by molar-refractivity contribution is 9.10. The molecule has 0 heterocycles. The van der Waals surface area contributed by atoms with Gasteiger partial charge in [0.15, 0.2) is 11.5 Å². The van der Waals surface area contributed by atoms with Crippen molar-refractivity contribution in [2.45, 2.75) is 39.2 Å². The maximum absolute atomic E-state index is 10.8. The Balaban J connectivity index is 2.90. The number of rotatable bonds is 9. The first-order valence-corrected chi connectivity index (χ1v) is 7.91. The molecule has 1 amide bonds. The van der Waals surface area contributed by atoms with Crippen LogP contribution in [0, 0.1) is 0 Å². The molecule has 0 spiro atoms. The van der Waals surface area contributed by atoms with Crippen LogP contribution in [-0.2, 0) is 4.79 Å². The number of primary amides is 1. The Morgan fingerprint density at radius 2 is 1.81 bits per heavy atom. The van der Waals surface area contributed by atoms with Gasteiger partial charge in [0.25, 0.3) is 0 Å². The maximum Gasteiger partial charge on any atom is 0.217 e. The number of benzene rings is 1. The van der Waals surface area contributed by atoms with Gasteiger partial charge in [0.05, 0.1) is 13.2 Å². The van der Waals surface area contributed by atoms with Gasteiger partial charge in [-0.15, -0.1) is 0 Å². The Morgan fingerprint density at radius 3 is 2.33 bits per heavy atom. The van der Waals surface area contributed by atoms with Crippen LogP contribution in [0.5, 0.6) is 11.5 Å². The number of nitrogens with two attached hydrogens (primary N) is 2. The number of carbonyl (C=O) groups is 1. The fourth-order valence-electron chi connectivity index (χ4n) is 2.02. The average Bonchev–Trinajstić information content (AvgIpc) is 2.41. The first kappa shape index (κ1) is 17.8. The SMILES string of the molecule is CCOc1cc(Br)c(C(N)CCCC(N)=O)cc1OCC. The third-order valence-corrected chi connectivity index (χ3v) is 3.69. The predicted octanol–water partition coefficient (Wildman–Crippen LogP) is 2.90. The Bertz CT molecular complexity index is 480. The van der Waals surface area contributed by atoms with Crippen LogP contribution in [0.25, 0.3) is 0 Å². The molecule has 5 nitrogen and oxygen atoms in total. The second kappa shape index (κ2) is 8.89. The van der Waals surface area contributed by atoms with Crippen LogP contribution in [-0.4, -0.2) is 19.1 Å². The molecule has 1 unspecified atom stereocenters. The molecule has 6 heteroatoms. The molecule has 1 atom stereocenters. The summed E-state index contributed by atoms with van der Waals surface area (Å²) in [6.07, 6.45) is 1.70. The predicted molar refractivity (Wildman–Crippen MR) is 86.5 cm³/mol. The number of hydrogen-bond acceptors (Lipinski definition) is 4. The van der Waals surface area contributed by atoms with Gasteiger partial charge in [-0.25, -0.2) is 0 Å². The lowest BCUT2D eigenvalue weighted by atomic mass is 10.0. The maximum atomic E-state index is 10.8. The molecule has 0 saturated carbocycles. The van der Waals surface area contributed by atoms with Crippen LogP contribution in [0.4, 0.5) is 0 Å². The molecule has 1 aromatic carbocycles. The smallest absolute Gasteiger partial charge is 0.217 e. The second-order valence-corrected chi connectivity index (χ2v) is 5.51. The fraction of sp³-hybridized carbons (Fsp3) is 0.533. The minimum atomic E-state index is -0.303. The van der Waals surface area contributed by atoms with Gasteiger partial charge >= 0.3 is 0 Å². The van der Waals surface area contributed by atoms with Crippen molar-refractivity contribution in [1.29, 1.82) is 0 Å². The summed E-state index contributed by atoms with van der Waals surface area (Å²) in [5, 5.41) is 0. The molecule has 0 fully saturated rings. The molecule has 1 rings (SSSR count). The van der Waals surface area contributed by atoms with E-state index in [9.17, 15) is 4.79 Å². The summed E-state index contributed by atoms with van der Waals surface area (Å²) in [6.45, 7) is 4.96. The highest BCUT2D eigenvalue weighted by Gasteiger charge is 2.16. The van der Waals surface area contributed by atoms with Crippen LogP contribution >= 0.6 is 15.9 Å². The average molecular weight is 359 g/mol. The minimum Gasteiger partial charge on any atom is -0.490 e. The molecular formula is C15H23BrN2O3. The van der Waals surface area contributed by atoms with E-state index in [1.807, 2.05) is 26.0 Å². The first-order valence-electron chi connectivity index (χ1n) is 7.12. The van der Waals surface area contributed by atoms with Crippen molar-refractivity contribution >= 4 is 21.8 Å². The number of amides is 1. The summed E-state index contributed by atoms with van der Waals surface area (Å²) >= 11 is 3.52. The van der Waals surface area contributed by atoms with E-state index >= 15 is 0 Å². The minimum absolute atomic E-state index is 0.186. The molecule has 4 N–H and O–H groups in total. The number of halogens is 1. The standard InChI is InChI=1S/C15H23BrN2O3/c1-3-20-13-8-10(11(16)9-14(13)21-4-2)12(17)6-5-7-15(18)19/h8-9,12H,3-7,17H2,1-2H3,(H2,18,19). The van der Waals surface area contributed by atoms with Crippen molar-refractivity contribution < 1.29 is 14.3 Å². The fourth-order valence-corrected chi connectivity index (χ4v) is 2.64. The summed E-state index contributed by atoms with van der Waals surface area (Å²) in [5.41, 5.74) is 12.3. The zero-order valence-corrected chi connectivity index (χ0v) is 14.1. The molecule has 0 aliphatic heterocycles. The molecule has 1 aromatic rings. The summed E-state index contributed by atoms with van der Waals surface area (Å²) in [5.74, 6) is 1.07. The molecule has 118 valence electrons. The third kappa shape index (κ3) is 5.55. The monoisotopic (exact) mass is 358 g/mol. The van der Waals surface area contributed by atoms with Gasteiger partial charge in [-0.1, -0.05) is 15.9 Å².